The summed E-state index contributed by atoms with van der Waals surface area (Å²) in [7, 11) is 0. The van der Waals surface area contributed by atoms with E-state index in [1.807, 2.05) is 6.07 Å². The average Bonchev–Trinajstić information content (AvgIpc) is 2.39. The summed E-state index contributed by atoms with van der Waals surface area (Å²) in [5, 5.41) is 9.96. The van der Waals surface area contributed by atoms with E-state index in [9.17, 15) is 9.50 Å². The average molecular weight is 278 g/mol. The van der Waals surface area contributed by atoms with E-state index in [1.54, 1.807) is 24.5 Å². The summed E-state index contributed by atoms with van der Waals surface area (Å²) in [6.45, 7) is 0. The lowest BCUT2D eigenvalue weighted by Crippen LogP contribution is -2.14. The first kappa shape index (κ1) is 13.8. The first-order valence-electron chi connectivity index (χ1n) is 5.90. The van der Waals surface area contributed by atoms with Crippen LogP contribution in [0.4, 0.5) is 10.1 Å². The Morgan fingerprint density at radius 1 is 1.37 bits per heavy atom. The van der Waals surface area contributed by atoms with Crippen molar-refractivity contribution in [1.82, 2.24) is 4.98 Å². The van der Waals surface area contributed by atoms with Gasteiger partial charge in [-0.05, 0) is 29.8 Å². The van der Waals surface area contributed by atoms with Crippen LogP contribution in [0.3, 0.4) is 0 Å². The summed E-state index contributed by atoms with van der Waals surface area (Å²) in [5.74, 6) is 0.216. The molecule has 0 bridgehead atoms. The quantitative estimate of drug-likeness (QED) is 0.825. The molecule has 0 fully saturated rings. The van der Waals surface area contributed by atoms with Gasteiger partial charge < -0.3 is 10.8 Å². The Morgan fingerprint density at radius 2 is 2.21 bits per heavy atom. The standard InChI is InChI=1S/C14H15FN2OS/c15-11-2-1-3-13(7-11)19-9-12(18)6-10-8-17-5-4-14(10)16/h1-5,7-8,12,18H,6,9H2,(H2,16,17). The van der Waals surface area contributed by atoms with Crippen LogP contribution in [0.2, 0.25) is 0 Å². The molecular formula is C14H15FN2OS. The molecule has 0 aliphatic heterocycles. The van der Waals surface area contributed by atoms with Gasteiger partial charge in [-0.3, -0.25) is 4.98 Å². The monoisotopic (exact) mass is 278 g/mol. The second-order valence-electron chi connectivity index (χ2n) is 4.20. The van der Waals surface area contributed by atoms with Crippen molar-refractivity contribution in [2.24, 2.45) is 0 Å². The van der Waals surface area contributed by atoms with Gasteiger partial charge in [0.1, 0.15) is 5.82 Å². The molecule has 3 nitrogen and oxygen atoms in total. The molecule has 2 aromatic rings. The zero-order valence-corrected chi connectivity index (χ0v) is 11.1. The number of nitrogens with zero attached hydrogens (tertiary/aromatic N) is 1. The van der Waals surface area contributed by atoms with E-state index in [2.05, 4.69) is 4.98 Å². The number of anilines is 1. The Labute approximate surface area is 115 Å². The van der Waals surface area contributed by atoms with Crippen molar-refractivity contribution in [1.29, 1.82) is 0 Å². The minimum atomic E-state index is -0.542. The fraction of sp³-hybridized carbons (Fsp3) is 0.214. The van der Waals surface area contributed by atoms with Crippen molar-refractivity contribution < 1.29 is 9.50 Å². The van der Waals surface area contributed by atoms with Gasteiger partial charge in [0.15, 0.2) is 0 Å². The molecule has 0 saturated heterocycles. The number of rotatable bonds is 5. The van der Waals surface area contributed by atoms with Crippen LogP contribution in [0.25, 0.3) is 0 Å². The predicted molar refractivity (Wildman–Crippen MR) is 75.5 cm³/mol. The van der Waals surface area contributed by atoms with Crippen molar-refractivity contribution >= 4 is 17.4 Å². The zero-order chi connectivity index (χ0) is 13.7. The lowest BCUT2D eigenvalue weighted by molar-refractivity contribution is 0.200. The molecule has 2 rings (SSSR count). The predicted octanol–water partition coefficient (Wildman–Crippen LogP) is 2.50. The number of hydrogen-bond acceptors (Lipinski definition) is 4. The minimum Gasteiger partial charge on any atom is -0.398 e. The molecule has 1 heterocycles. The third-order valence-corrected chi connectivity index (χ3v) is 3.77. The van der Waals surface area contributed by atoms with E-state index in [0.717, 1.165) is 10.5 Å². The Morgan fingerprint density at radius 3 is 2.95 bits per heavy atom. The van der Waals surface area contributed by atoms with Crippen LogP contribution < -0.4 is 5.73 Å². The number of benzene rings is 1. The number of hydrogen-bond donors (Lipinski definition) is 2. The molecule has 0 saturated carbocycles. The molecule has 0 aliphatic rings. The first-order chi connectivity index (χ1) is 9.15. The number of nitrogens with two attached hydrogens (primary N) is 1. The molecule has 0 radical (unpaired) electrons. The van der Waals surface area contributed by atoms with E-state index in [0.29, 0.717) is 17.9 Å². The number of aromatic nitrogens is 1. The van der Waals surface area contributed by atoms with Crippen LogP contribution in [0, 0.1) is 5.82 Å². The highest BCUT2D eigenvalue weighted by Crippen LogP contribution is 2.21. The Bertz CT molecular complexity index is 550. The van der Waals surface area contributed by atoms with Gasteiger partial charge in [0.2, 0.25) is 0 Å². The maximum absolute atomic E-state index is 13.0. The first-order valence-corrected chi connectivity index (χ1v) is 6.88. The Balaban J connectivity index is 1.88. The van der Waals surface area contributed by atoms with Gasteiger partial charge in [-0.25, -0.2) is 4.39 Å². The summed E-state index contributed by atoms with van der Waals surface area (Å²) in [6.07, 6.45) is 3.18. The summed E-state index contributed by atoms with van der Waals surface area (Å²) in [5.41, 5.74) is 7.25. The Kier molecular flexibility index (Phi) is 4.76. The van der Waals surface area contributed by atoms with Gasteiger partial charge in [0, 0.05) is 35.2 Å². The van der Waals surface area contributed by atoms with Gasteiger partial charge in [-0.1, -0.05) is 6.07 Å². The number of aliphatic hydroxyl groups is 1. The minimum absolute atomic E-state index is 0.268. The number of pyridine rings is 1. The second-order valence-corrected chi connectivity index (χ2v) is 5.29. The van der Waals surface area contributed by atoms with Crippen LogP contribution in [-0.4, -0.2) is 21.9 Å². The second kappa shape index (κ2) is 6.54. The molecule has 1 atom stereocenters. The van der Waals surface area contributed by atoms with E-state index in [-0.39, 0.29) is 5.82 Å². The molecule has 5 heteroatoms. The highest BCUT2D eigenvalue weighted by molar-refractivity contribution is 7.99. The topological polar surface area (TPSA) is 59.1 Å². The van der Waals surface area contributed by atoms with Gasteiger partial charge >= 0.3 is 0 Å². The van der Waals surface area contributed by atoms with Crippen molar-refractivity contribution in [3.8, 4) is 0 Å². The van der Waals surface area contributed by atoms with Gasteiger partial charge in [0.25, 0.3) is 0 Å². The molecule has 0 aliphatic carbocycles. The van der Waals surface area contributed by atoms with Crippen molar-refractivity contribution in [2.75, 3.05) is 11.5 Å². The molecule has 3 N–H and O–H groups in total. The van der Waals surface area contributed by atoms with E-state index < -0.39 is 6.10 Å². The lowest BCUT2D eigenvalue weighted by atomic mass is 10.1. The van der Waals surface area contributed by atoms with E-state index in [1.165, 1.54) is 23.9 Å². The number of aliphatic hydroxyl groups excluding tert-OH is 1. The number of halogens is 1. The summed E-state index contributed by atoms with van der Waals surface area (Å²) < 4.78 is 13.0. The van der Waals surface area contributed by atoms with Crippen LogP contribution in [0.1, 0.15) is 5.56 Å². The van der Waals surface area contributed by atoms with Crippen LogP contribution in [0.15, 0.2) is 47.6 Å². The molecular weight excluding hydrogens is 263 g/mol. The van der Waals surface area contributed by atoms with Crippen molar-refractivity contribution in [3.63, 3.8) is 0 Å². The highest BCUT2D eigenvalue weighted by atomic mass is 32.2. The maximum atomic E-state index is 13.0. The normalized spacial score (nSPS) is 12.3. The molecule has 1 unspecified atom stereocenters. The third-order valence-electron chi connectivity index (χ3n) is 2.64. The Hall–Kier alpha value is -1.59. The van der Waals surface area contributed by atoms with Crippen molar-refractivity contribution in [3.05, 3.63) is 54.1 Å². The molecule has 100 valence electrons. The van der Waals surface area contributed by atoms with Crippen molar-refractivity contribution in [2.45, 2.75) is 17.4 Å². The maximum Gasteiger partial charge on any atom is 0.124 e. The SMILES string of the molecule is Nc1ccncc1CC(O)CSc1cccc(F)c1. The highest BCUT2D eigenvalue weighted by Gasteiger charge is 2.09. The van der Waals surface area contributed by atoms with Gasteiger partial charge in [-0.2, -0.15) is 0 Å². The molecule has 0 spiro atoms. The molecule has 1 aromatic carbocycles. The van der Waals surface area contributed by atoms with Gasteiger partial charge in [-0.15, -0.1) is 11.8 Å². The lowest BCUT2D eigenvalue weighted by Gasteiger charge is -2.11. The fourth-order valence-electron chi connectivity index (χ4n) is 1.67. The molecule has 1 aromatic heterocycles. The third kappa shape index (κ3) is 4.22. The molecule has 0 amide bonds. The molecule has 19 heavy (non-hydrogen) atoms. The number of nitrogen functional groups attached to an aromatic ring is 1. The van der Waals surface area contributed by atoms with Gasteiger partial charge in [0.05, 0.1) is 6.10 Å². The van der Waals surface area contributed by atoms with Crippen LogP contribution >= 0.6 is 11.8 Å². The fourth-order valence-corrected chi connectivity index (χ4v) is 2.54. The largest absolute Gasteiger partial charge is 0.398 e. The van der Waals surface area contributed by atoms with E-state index >= 15 is 0 Å². The summed E-state index contributed by atoms with van der Waals surface area (Å²) >= 11 is 1.42. The van der Waals surface area contributed by atoms with E-state index in [4.69, 9.17) is 5.73 Å². The summed E-state index contributed by atoms with van der Waals surface area (Å²) in [6, 6.07) is 8.04. The smallest absolute Gasteiger partial charge is 0.124 e. The zero-order valence-electron chi connectivity index (χ0n) is 10.3. The number of thioether (sulfide) groups is 1. The van der Waals surface area contributed by atoms with Crippen LogP contribution in [-0.2, 0) is 6.42 Å². The summed E-state index contributed by atoms with van der Waals surface area (Å²) in [4.78, 5) is 4.78. The van der Waals surface area contributed by atoms with Crippen LogP contribution in [0.5, 0.6) is 0 Å².